The Bertz CT molecular complexity index is 1480. The van der Waals surface area contributed by atoms with Crippen molar-refractivity contribution in [3.63, 3.8) is 0 Å². The lowest BCUT2D eigenvalue weighted by Gasteiger charge is -2.32. The van der Waals surface area contributed by atoms with Crippen molar-refractivity contribution in [2.75, 3.05) is 26.3 Å². The van der Waals surface area contributed by atoms with Gasteiger partial charge in [-0.05, 0) is 66.6 Å². The molecule has 12 heteroatoms. The molecule has 0 spiro atoms. The number of halogens is 3. The van der Waals surface area contributed by atoms with E-state index in [9.17, 15) is 28.2 Å². The maximum Gasteiger partial charge on any atom is 0.416 e. The fourth-order valence-electron chi connectivity index (χ4n) is 4.53. The first-order chi connectivity index (χ1) is 18.4. The number of amides is 1. The molecule has 1 amide bonds. The highest BCUT2D eigenvalue weighted by molar-refractivity contribution is 8.18. The second kappa shape index (κ2) is 10.4. The molecule has 2 aliphatic rings. The maximum absolute atomic E-state index is 13.8. The molecule has 5 rings (SSSR count). The van der Waals surface area contributed by atoms with Gasteiger partial charge in [0.15, 0.2) is 5.17 Å². The van der Waals surface area contributed by atoms with Gasteiger partial charge in [-0.1, -0.05) is 18.2 Å². The summed E-state index contributed by atoms with van der Waals surface area (Å²) >= 11 is 1.26. The first kappa shape index (κ1) is 27.4. The Morgan fingerprint density at radius 3 is 2.72 bits per heavy atom. The summed E-state index contributed by atoms with van der Waals surface area (Å²) in [5, 5.41) is 25.1. The van der Waals surface area contributed by atoms with Gasteiger partial charge in [0, 0.05) is 18.5 Å². The van der Waals surface area contributed by atoms with Crippen LogP contribution in [0, 0.1) is 0 Å². The average molecular weight is 561 g/mol. The summed E-state index contributed by atoms with van der Waals surface area (Å²) < 4.78 is 48.5. The Kier molecular flexibility index (Phi) is 7.31. The van der Waals surface area contributed by atoms with Crippen LogP contribution in [0.25, 0.3) is 17.0 Å². The lowest BCUT2D eigenvalue weighted by atomic mass is 9.93. The zero-order valence-corrected chi connectivity index (χ0v) is 22.1. The van der Waals surface area contributed by atoms with Crippen LogP contribution in [0.5, 0.6) is 0 Å². The molecule has 0 saturated carbocycles. The molecule has 1 fully saturated rings. The van der Waals surface area contributed by atoms with Crippen molar-refractivity contribution in [1.82, 2.24) is 14.7 Å². The number of aliphatic hydroxyl groups excluding tert-OH is 1. The third kappa shape index (κ3) is 5.88. The molecule has 0 aliphatic carbocycles. The van der Waals surface area contributed by atoms with E-state index < -0.39 is 17.3 Å². The number of amidine groups is 1. The molecule has 8 nitrogen and oxygen atoms in total. The van der Waals surface area contributed by atoms with Crippen molar-refractivity contribution in [3.05, 3.63) is 69.8 Å². The van der Waals surface area contributed by atoms with Gasteiger partial charge >= 0.3 is 6.18 Å². The number of carbonyl (C=O) groups excluding carboxylic acids is 1. The van der Waals surface area contributed by atoms with E-state index >= 15 is 0 Å². The summed E-state index contributed by atoms with van der Waals surface area (Å²) in [6, 6.07) is 9.20. The van der Waals surface area contributed by atoms with Gasteiger partial charge in [0.25, 0.3) is 5.91 Å². The van der Waals surface area contributed by atoms with Crippen molar-refractivity contribution in [3.8, 4) is 0 Å². The van der Waals surface area contributed by atoms with Crippen LogP contribution in [-0.4, -0.2) is 68.4 Å². The Morgan fingerprint density at radius 1 is 1.21 bits per heavy atom. The van der Waals surface area contributed by atoms with E-state index in [1.165, 1.54) is 42.4 Å². The van der Waals surface area contributed by atoms with Crippen LogP contribution in [0.1, 0.15) is 36.1 Å². The number of rotatable bonds is 5. The Morgan fingerprint density at radius 2 is 2.00 bits per heavy atom. The summed E-state index contributed by atoms with van der Waals surface area (Å²) in [5.41, 5.74) is -0.634. The van der Waals surface area contributed by atoms with E-state index in [0.717, 1.165) is 11.6 Å². The number of aliphatic imine (C=N–C) groups is 1. The first-order valence-corrected chi connectivity index (χ1v) is 13.1. The van der Waals surface area contributed by atoms with Crippen LogP contribution < -0.4 is 0 Å². The number of nitrogens with zero attached hydrogens (tertiary/aromatic N) is 4. The van der Waals surface area contributed by atoms with Crippen molar-refractivity contribution in [2.45, 2.75) is 38.3 Å². The number of hydrogen-bond acceptors (Lipinski definition) is 7. The standard InChI is InChI=1S/C27H27F3N4O4S/c1-26(2,37)19-5-4-17(21(11-19)27(28,29)30)13-34-22-6-3-16(9-18(22)12-31-34)10-23-24(36)32-25(39-23)33-7-8-38-20(14-33)15-35/h3-6,9-12,20,35,37H,7-8,13-15H2,1-2H3. The molecule has 0 radical (unpaired) electrons. The zero-order chi connectivity index (χ0) is 27.9. The summed E-state index contributed by atoms with van der Waals surface area (Å²) in [5.74, 6) is -0.355. The van der Waals surface area contributed by atoms with Crippen LogP contribution in [0.2, 0.25) is 0 Å². The summed E-state index contributed by atoms with van der Waals surface area (Å²) in [6.07, 6.45) is -1.62. The average Bonchev–Trinajstić information content (AvgIpc) is 3.45. The molecule has 39 heavy (non-hydrogen) atoms. The molecular weight excluding hydrogens is 533 g/mol. The molecule has 3 aromatic rings. The van der Waals surface area contributed by atoms with E-state index in [4.69, 9.17) is 4.74 Å². The molecule has 1 unspecified atom stereocenters. The van der Waals surface area contributed by atoms with Gasteiger partial charge in [-0.25, -0.2) is 0 Å². The Hall–Kier alpha value is -3.19. The molecular formula is C27H27F3N4O4S. The Labute approximate surface area is 226 Å². The third-order valence-corrected chi connectivity index (χ3v) is 7.67. The minimum Gasteiger partial charge on any atom is -0.394 e. The molecule has 3 heterocycles. The van der Waals surface area contributed by atoms with Crippen LogP contribution in [0.15, 0.2) is 52.5 Å². The minimum atomic E-state index is -4.59. The predicted octanol–water partition coefficient (Wildman–Crippen LogP) is 3.99. The normalized spacial score (nSPS) is 19.8. The number of alkyl halides is 3. The number of fused-ring (bicyclic) bond motifs is 1. The number of aliphatic hydroxyl groups is 2. The van der Waals surface area contributed by atoms with Gasteiger partial charge < -0.3 is 19.8 Å². The number of aromatic nitrogens is 2. The van der Waals surface area contributed by atoms with Crippen LogP contribution in [0.4, 0.5) is 13.2 Å². The Balaban J connectivity index is 1.36. The number of thioether (sulfide) groups is 1. The maximum atomic E-state index is 13.8. The van der Waals surface area contributed by atoms with E-state index in [0.29, 0.717) is 40.7 Å². The van der Waals surface area contributed by atoms with Crippen molar-refractivity contribution < 1.29 is 32.9 Å². The number of morpholine rings is 1. The molecule has 2 aliphatic heterocycles. The van der Waals surface area contributed by atoms with E-state index in [1.807, 2.05) is 11.0 Å². The van der Waals surface area contributed by atoms with E-state index in [-0.39, 0.29) is 36.3 Å². The predicted molar refractivity (Wildman–Crippen MR) is 142 cm³/mol. The van der Waals surface area contributed by atoms with Crippen LogP contribution in [0.3, 0.4) is 0 Å². The molecule has 2 aromatic carbocycles. The topological polar surface area (TPSA) is 100 Å². The largest absolute Gasteiger partial charge is 0.416 e. The number of hydrogen-bond donors (Lipinski definition) is 2. The smallest absolute Gasteiger partial charge is 0.394 e. The fraction of sp³-hybridized carbons (Fsp3) is 0.370. The second-order valence-electron chi connectivity index (χ2n) is 9.98. The molecule has 0 bridgehead atoms. The molecule has 2 N–H and O–H groups in total. The van der Waals surface area contributed by atoms with Gasteiger partial charge in [-0.15, -0.1) is 0 Å². The van der Waals surface area contributed by atoms with Gasteiger partial charge in [0.1, 0.15) is 0 Å². The summed E-state index contributed by atoms with van der Waals surface area (Å²) in [7, 11) is 0. The quantitative estimate of drug-likeness (QED) is 0.455. The molecule has 1 aromatic heterocycles. The zero-order valence-electron chi connectivity index (χ0n) is 21.3. The van der Waals surface area contributed by atoms with Crippen LogP contribution in [-0.2, 0) is 27.9 Å². The van der Waals surface area contributed by atoms with Crippen molar-refractivity contribution in [1.29, 1.82) is 0 Å². The lowest BCUT2D eigenvalue weighted by Crippen LogP contribution is -2.45. The van der Waals surface area contributed by atoms with Gasteiger partial charge in [-0.2, -0.15) is 23.3 Å². The first-order valence-electron chi connectivity index (χ1n) is 12.3. The van der Waals surface area contributed by atoms with E-state index in [2.05, 4.69) is 10.1 Å². The van der Waals surface area contributed by atoms with Gasteiger partial charge in [0.2, 0.25) is 0 Å². The summed E-state index contributed by atoms with van der Waals surface area (Å²) in [6.45, 7) is 4.13. The lowest BCUT2D eigenvalue weighted by molar-refractivity contribution is -0.138. The number of benzene rings is 2. The minimum absolute atomic E-state index is 0.0378. The molecule has 1 atom stereocenters. The summed E-state index contributed by atoms with van der Waals surface area (Å²) in [4.78, 5) is 19.1. The van der Waals surface area contributed by atoms with Gasteiger partial charge in [0.05, 0.1) is 53.6 Å². The monoisotopic (exact) mass is 560 g/mol. The van der Waals surface area contributed by atoms with Gasteiger partial charge in [-0.3, -0.25) is 9.48 Å². The van der Waals surface area contributed by atoms with Crippen molar-refractivity contribution in [2.24, 2.45) is 4.99 Å². The molecule has 206 valence electrons. The number of carbonyl (C=O) groups is 1. The second-order valence-corrected chi connectivity index (χ2v) is 11.0. The SMILES string of the molecule is CC(C)(O)c1ccc(Cn2ncc3cc(C=C4SC(N5CCOC(CO)C5)=NC4=O)ccc32)c(C(F)(F)F)c1. The van der Waals surface area contributed by atoms with Crippen molar-refractivity contribution >= 4 is 39.8 Å². The highest BCUT2D eigenvalue weighted by atomic mass is 32.2. The third-order valence-electron chi connectivity index (χ3n) is 6.63. The number of ether oxygens (including phenoxy) is 1. The fourth-order valence-corrected chi connectivity index (χ4v) is 5.48. The highest BCUT2D eigenvalue weighted by Gasteiger charge is 2.35. The molecule has 1 saturated heterocycles. The van der Waals surface area contributed by atoms with E-state index in [1.54, 1.807) is 24.4 Å². The highest BCUT2D eigenvalue weighted by Crippen LogP contribution is 2.36. The van der Waals surface area contributed by atoms with Crippen LogP contribution >= 0.6 is 11.8 Å².